The highest BCUT2D eigenvalue weighted by atomic mass is 16.5. The van der Waals surface area contributed by atoms with Crippen LogP contribution < -0.4 is 9.47 Å². The van der Waals surface area contributed by atoms with Crippen molar-refractivity contribution in [3.8, 4) is 22.8 Å². The molecular weight excluding hydrogens is 424 g/mol. The fraction of sp³-hybridized carbons (Fsp3) is 0.542. The summed E-state index contributed by atoms with van der Waals surface area (Å²) in [5.41, 5.74) is 0.828. The summed E-state index contributed by atoms with van der Waals surface area (Å²) < 4.78 is 16.2. The number of methoxy groups -OCH3 is 2. The number of piperidine rings is 1. The molecule has 1 aromatic carbocycles. The van der Waals surface area contributed by atoms with Gasteiger partial charge in [-0.15, -0.1) is 0 Å². The van der Waals surface area contributed by atoms with Crippen LogP contribution in [-0.4, -0.2) is 91.2 Å². The second-order valence-electron chi connectivity index (χ2n) is 8.41. The maximum Gasteiger partial charge on any atom is 0.276 e. The van der Waals surface area contributed by atoms with Gasteiger partial charge in [-0.05, 0) is 44.0 Å². The van der Waals surface area contributed by atoms with Crippen molar-refractivity contribution in [2.75, 3.05) is 53.5 Å². The van der Waals surface area contributed by atoms with Crippen molar-refractivity contribution in [1.82, 2.24) is 19.9 Å². The Morgan fingerprint density at radius 3 is 2.55 bits per heavy atom. The average molecular weight is 457 g/mol. The molecule has 2 amide bonds. The van der Waals surface area contributed by atoms with Crippen LogP contribution in [-0.2, 0) is 4.79 Å². The molecule has 1 aromatic heterocycles. The van der Waals surface area contributed by atoms with Crippen molar-refractivity contribution in [2.24, 2.45) is 0 Å². The van der Waals surface area contributed by atoms with Gasteiger partial charge < -0.3 is 28.7 Å². The highest BCUT2D eigenvalue weighted by Gasteiger charge is 2.37. The number of ether oxygens (including phenoxy) is 2. The van der Waals surface area contributed by atoms with Gasteiger partial charge >= 0.3 is 0 Å². The number of likely N-dealkylation sites (tertiary alicyclic amines) is 1. The summed E-state index contributed by atoms with van der Waals surface area (Å²) in [7, 11) is 3.15. The van der Waals surface area contributed by atoms with Crippen molar-refractivity contribution in [3.63, 3.8) is 0 Å². The van der Waals surface area contributed by atoms with Gasteiger partial charge in [0.25, 0.3) is 5.91 Å². The predicted molar refractivity (Wildman–Crippen MR) is 122 cm³/mol. The van der Waals surface area contributed by atoms with E-state index >= 15 is 0 Å². The van der Waals surface area contributed by atoms with Crippen LogP contribution in [0.15, 0.2) is 28.8 Å². The van der Waals surface area contributed by atoms with Crippen LogP contribution in [0.5, 0.6) is 11.5 Å². The van der Waals surface area contributed by atoms with E-state index in [9.17, 15) is 9.59 Å². The first-order chi connectivity index (χ1) is 16.0. The quantitative estimate of drug-likeness (QED) is 0.660. The first kappa shape index (κ1) is 23.1. The van der Waals surface area contributed by atoms with Crippen LogP contribution in [0.25, 0.3) is 11.3 Å². The second-order valence-corrected chi connectivity index (χ2v) is 8.41. The van der Waals surface area contributed by atoms with E-state index in [1.807, 2.05) is 4.90 Å². The van der Waals surface area contributed by atoms with Gasteiger partial charge in [-0.25, -0.2) is 0 Å². The number of piperazine rings is 1. The van der Waals surface area contributed by atoms with Crippen LogP contribution >= 0.6 is 0 Å². The number of benzene rings is 1. The van der Waals surface area contributed by atoms with Crippen molar-refractivity contribution >= 4 is 11.8 Å². The number of carbonyl (C=O) groups excluding carboxylic acids is 2. The Morgan fingerprint density at radius 2 is 1.85 bits per heavy atom. The minimum Gasteiger partial charge on any atom is -0.497 e. The van der Waals surface area contributed by atoms with Crippen LogP contribution in [0, 0.1) is 0 Å². The molecule has 0 aliphatic carbocycles. The number of carbonyl (C=O) groups is 2. The predicted octanol–water partition coefficient (Wildman–Crippen LogP) is 2.52. The van der Waals surface area contributed by atoms with E-state index in [0.29, 0.717) is 48.9 Å². The van der Waals surface area contributed by atoms with Gasteiger partial charge in [-0.2, -0.15) is 0 Å². The van der Waals surface area contributed by atoms with Gasteiger partial charge in [0.1, 0.15) is 17.5 Å². The van der Waals surface area contributed by atoms with Crippen LogP contribution in [0.1, 0.15) is 36.7 Å². The third kappa shape index (κ3) is 4.83. The first-order valence-corrected chi connectivity index (χ1v) is 11.6. The maximum absolute atomic E-state index is 13.4. The Balaban J connectivity index is 1.52. The van der Waals surface area contributed by atoms with Gasteiger partial charge in [0.15, 0.2) is 11.5 Å². The number of likely N-dealkylation sites (N-methyl/N-ethyl adjacent to an activating group) is 1. The van der Waals surface area contributed by atoms with Crippen molar-refractivity contribution in [3.05, 3.63) is 30.0 Å². The lowest BCUT2D eigenvalue weighted by Crippen LogP contribution is -2.57. The molecule has 0 spiro atoms. The fourth-order valence-corrected chi connectivity index (χ4v) is 4.58. The minimum absolute atomic E-state index is 0.0389. The molecule has 0 unspecified atom stereocenters. The molecule has 2 aliphatic rings. The van der Waals surface area contributed by atoms with Gasteiger partial charge in [0.2, 0.25) is 5.91 Å². The lowest BCUT2D eigenvalue weighted by molar-refractivity contribution is -0.139. The van der Waals surface area contributed by atoms with E-state index in [2.05, 4.69) is 17.0 Å². The average Bonchev–Trinajstić information content (AvgIpc) is 3.37. The van der Waals surface area contributed by atoms with Gasteiger partial charge in [0, 0.05) is 38.8 Å². The monoisotopic (exact) mass is 456 g/mol. The zero-order chi connectivity index (χ0) is 23.4. The number of amides is 2. The van der Waals surface area contributed by atoms with E-state index < -0.39 is 6.04 Å². The molecule has 0 N–H and O–H groups in total. The Kier molecular flexibility index (Phi) is 7.17. The molecule has 178 valence electrons. The smallest absolute Gasteiger partial charge is 0.276 e. The number of rotatable bonds is 6. The highest BCUT2D eigenvalue weighted by molar-refractivity contribution is 5.97. The number of hydrogen-bond acceptors (Lipinski definition) is 7. The maximum atomic E-state index is 13.4. The summed E-state index contributed by atoms with van der Waals surface area (Å²) in [5.74, 6) is 1.39. The first-order valence-electron chi connectivity index (χ1n) is 11.6. The van der Waals surface area contributed by atoms with E-state index in [4.69, 9.17) is 14.0 Å². The molecule has 1 atom stereocenters. The SMILES string of the molecule is CCN1CCN(C(=O)[C@@H]2CCCCN2C(=O)c2cc(-c3cc(OC)ccc3OC)on2)CC1. The van der Waals surface area contributed by atoms with Gasteiger partial charge in [-0.3, -0.25) is 9.59 Å². The third-order valence-electron chi connectivity index (χ3n) is 6.58. The van der Waals surface area contributed by atoms with E-state index in [0.717, 1.165) is 32.5 Å². The number of nitrogens with zero attached hydrogens (tertiary/aromatic N) is 4. The molecule has 9 heteroatoms. The van der Waals surface area contributed by atoms with Crippen LogP contribution in [0.2, 0.25) is 0 Å². The Labute approximate surface area is 194 Å². The molecular formula is C24H32N4O5. The van der Waals surface area contributed by atoms with E-state index in [1.165, 1.54) is 0 Å². The minimum atomic E-state index is -0.453. The van der Waals surface area contributed by atoms with Crippen LogP contribution in [0.4, 0.5) is 0 Å². The largest absolute Gasteiger partial charge is 0.497 e. The van der Waals surface area contributed by atoms with Gasteiger partial charge in [-0.1, -0.05) is 12.1 Å². The van der Waals surface area contributed by atoms with E-state index in [-0.39, 0.29) is 17.5 Å². The Hall–Kier alpha value is -3.07. The zero-order valence-corrected chi connectivity index (χ0v) is 19.6. The molecule has 33 heavy (non-hydrogen) atoms. The summed E-state index contributed by atoms with van der Waals surface area (Å²) >= 11 is 0. The molecule has 2 saturated heterocycles. The Morgan fingerprint density at radius 1 is 1.06 bits per heavy atom. The van der Waals surface area contributed by atoms with Crippen molar-refractivity contribution < 1.29 is 23.6 Å². The molecule has 0 bridgehead atoms. The normalized spacial score (nSPS) is 19.4. The molecule has 4 rings (SSSR count). The molecule has 0 radical (unpaired) electrons. The molecule has 2 aliphatic heterocycles. The summed E-state index contributed by atoms with van der Waals surface area (Å²) in [6.45, 7) is 6.81. The Bertz CT molecular complexity index is 983. The molecule has 0 saturated carbocycles. The molecule has 9 nitrogen and oxygen atoms in total. The summed E-state index contributed by atoms with van der Waals surface area (Å²) in [6.07, 6.45) is 2.47. The zero-order valence-electron chi connectivity index (χ0n) is 19.6. The summed E-state index contributed by atoms with van der Waals surface area (Å²) in [5, 5.41) is 4.03. The van der Waals surface area contributed by atoms with Crippen molar-refractivity contribution in [2.45, 2.75) is 32.2 Å². The molecule has 3 heterocycles. The number of hydrogen-bond donors (Lipinski definition) is 0. The lowest BCUT2D eigenvalue weighted by Gasteiger charge is -2.40. The van der Waals surface area contributed by atoms with Gasteiger partial charge in [0.05, 0.1) is 19.8 Å². The van der Waals surface area contributed by atoms with E-state index in [1.54, 1.807) is 43.4 Å². The van der Waals surface area contributed by atoms with Crippen LogP contribution in [0.3, 0.4) is 0 Å². The second kappa shape index (κ2) is 10.2. The molecule has 2 fully saturated rings. The standard InChI is InChI=1S/C24H32N4O5/c1-4-26-11-13-27(14-12-26)24(30)20-7-5-6-10-28(20)23(29)19-16-22(33-25-19)18-15-17(31-2)8-9-21(18)32-3/h8-9,15-16,20H,4-7,10-14H2,1-3H3/t20-/m0/s1. The highest BCUT2D eigenvalue weighted by Crippen LogP contribution is 2.34. The fourth-order valence-electron chi connectivity index (χ4n) is 4.58. The van der Waals surface area contributed by atoms with Crippen molar-refractivity contribution in [1.29, 1.82) is 0 Å². The molecule has 2 aromatic rings. The summed E-state index contributed by atoms with van der Waals surface area (Å²) in [4.78, 5) is 32.6. The third-order valence-corrected chi connectivity index (χ3v) is 6.58. The topological polar surface area (TPSA) is 88.4 Å². The number of aromatic nitrogens is 1. The summed E-state index contributed by atoms with van der Waals surface area (Å²) in [6, 6.07) is 6.49. The lowest BCUT2D eigenvalue weighted by atomic mass is 9.99.